The second-order valence-corrected chi connectivity index (χ2v) is 7.31. The van der Waals surface area contributed by atoms with Crippen LogP contribution in [0.5, 0.6) is 5.75 Å². The number of carbonyl (C=O) groups is 1. The summed E-state index contributed by atoms with van der Waals surface area (Å²) in [5.74, 6) is 0.936. The normalized spacial score (nSPS) is 14.3. The number of aromatic nitrogens is 2. The number of cyclic esters (lactones) is 1. The molecule has 156 valence electrons. The van der Waals surface area contributed by atoms with Crippen LogP contribution in [0, 0.1) is 0 Å². The van der Waals surface area contributed by atoms with Gasteiger partial charge in [-0.25, -0.2) is 9.48 Å². The summed E-state index contributed by atoms with van der Waals surface area (Å²) in [6.45, 7) is 0. The second kappa shape index (κ2) is 8.40. The minimum Gasteiger partial charge on any atom is -0.497 e. The van der Waals surface area contributed by atoms with Gasteiger partial charge in [-0.15, -0.1) is 0 Å². The van der Waals surface area contributed by atoms with Gasteiger partial charge in [0.15, 0.2) is 0 Å². The number of nitrogens with zero attached hydrogens (tertiary/aromatic N) is 2. The van der Waals surface area contributed by atoms with E-state index >= 15 is 0 Å². The Bertz CT molecular complexity index is 1320. The zero-order chi connectivity index (χ0) is 21.9. The van der Waals surface area contributed by atoms with Crippen LogP contribution in [0.25, 0.3) is 28.8 Å². The highest BCUT2D eigenvalue weighted by Gasteiger charge is 2.23. The quantitative estimate of drug-likeness (QED) is 0.315. The number of benzene rings is 3. The predicted octanol–water partition coefficient (Wildman–Crippen LogP) is 5.53. The fourth-order valence-electron chi connectivity index (χ4n) is 3.58. The van der Waals surface area contributed by atoms with Gasteiger partial charge in [0.2, 0.25) is 0 Å². The maximum Gasteiger partial charge on any atom is 0.343 e. The highest BCUT2D eigenvalue weighted by molar-refractivity contribution is 6.05. The van der Waals surface area contributed by atoms with E-state index in [0.29, 0.717) is 11.3 Å². The molecule has 3 aromatic carbocycles. The zero-order valence-corrected chi connectivity index (χ0v) is 17.4. The Labute approximate surface area is 185 Å². The lowest BCUT2D eigenvalue weighted by atomic mass is 10.1. The topological polar surface area (TPSA) is 53.4 Å². The van der Waals surface area contributed by atoms with Gasteiger partial charge in [0.25, 0.3) is 0 Å². The highest BCUT2D eigenvalue weighted by Crippen LogP contribution is 2.31. The van der Waals surface area contributed by atoms with Crippen LogP contribution in [0.3, 0.4) is 0 Å². The van der Waals surface area contributed by atoms with E-state index in [9.17, 15) is 4.79 Å². The van der Waals surface area contributed by atoms with Crippen LogP contribution in [-0.4, -0.2) is 22.9 Å². The van der Waals surface area contributed by atoms with Crippen LogP contribution in [0.15, 0.2) is 103 Å². The Morgan fingerprint density at radius 2 is 1.56 bits per heavy atom. The SMILES string of the molecule is COc1ccc(-c2nn(-c3ccccc3)cc2C=C2C=C(c3ccccc3)OC2=O)cc1. The Morgan fingerprint density at radius 3 is 2.25 bits per heavy atom. The Balaban J connectivity index is 1.60. The number of methoxy groups -OCH3 is 1. The molecular weight excluding hydrogens is 400 g/mol. The van der Waals surface area contributed by atoms with Gasteiger partial charge in [-0.3, -0.25) is 0 Å². The van der Waals surface area contributed by atoms with Gasteiger partial charge in [0.05, 0.1) is 24.1 Å². The molecule has 1 aromatic heterocycles. The third-order valence-corrected chi connectivity index (χ3v) is 5.22. The van der Waals surface area contributed by atoms with E-state index in [1.54, 1.807) is 13.2 Å². The van der Waals surface area contributed by atoms with Crippen molar-refractivity contribution in [3.8, 4) is 22.7 Å². The highest BCUT2D eigenvalue weighted by atomic mass is 16.5. The van der Waals surface area contributed by atoms with Gasteiger partial charge >= 0.3 is 5.97 Å². The van der Waals surface area contributed by atoms with E-state index < -0.39 is 0 Å². The van der Waals surface area contributed by atoms with Crippen molar-refractivity contribution >= 4 is 17.8 Å². The standard InChI is InChI=1S/C27H20N2O3/c1-31-24-14-12-20(13-15-24)26-22(18-29(28-26)23-10-6-3-7-11-23)16-21-17-25(32-27(21)30)19-8-4-2-5-9-19/h2-18H,1H3. The van der Waals surface area contributed by atoms with Crippen LogP contribution >= 0.6 is 0 Å². The molecule has 0 unspecified atom stereocenters. The zero-order valence-electron chi connectivity index (χ0n) is 17.4. The molecule has 5 heteroatoms. The van der Waals surface area contributed by atoms with Crippen molar-refractivity contribution in [1.29, 1.82) is 0 Å². The molecule has 5 rings (SSSR count). The van der Waals surface area contributed by atoms with Gasteiger partial charge in [0, 0.05) is 22.9 Å². The van der Waals surface area contributed by atoms with Crippen LogP contribution in [0.1, 0.15) is 11.1 Å². The Kier molecular flexibility index (Phi) is 5.14. The van der Waals surface area contributed by atoms with Gasteiger partial charge in [-0.05, 0) is 48.6 Å². The average Bonchev–Trinajstić information content (AvgIpc) is 3.44. The number of rotatable bonds is 5. The lowest BCUT2D eigenvalue weighted by Crippen LogP contribution is -1.97. The van der Waals surface area contributed by atoms with Crippen LogP contribution in [0.2, 0.25) is 0 Å². The molecule has 4 aromatic rings. The fraction of sp³-hybridized carbons (Fsp3) is 0.0370. The number of hydrogen-bond donors (Lipinski definition) is 0. The summed E-state index contributed by atoms with van der Waals surface area (Å²) < 4.78 is 12.6. The molecule has 32 heavy (non-hydrogen) atoms. The first kappa shape index (κ1) is 19.6. The molecule has 0 bridgehead atoms. The van der Waals surface area contributed by atoms with E-state index in [4.69, 9.17) is 14.6 Å². The lowest BCUT2D eigenvalue weighted by Gasteiger charge is -2.03. The number of carbonyl (C=O) groups excluding carboxylic acids is 1. The first-order chi connectivity index (χ1) is 15.7. The molecule has 1 aliphatic rings. The third kappa shape index (κ3) is 3.84. The van der Waals surface area contributed by atoms with Crippen molar-refractivity contribution in [2.45, 2.75) is 0 Å². The first-order valence-corrected chi connectivity index (χ1v) is 10.2. The molecular formula is C27H20N2O3. The second-order valence-electron chi connectivity index (χ2n) is 7.31. The molecule has 1 aliphatic heterocycles. The summed E-state index contributed by atoms with van der Waals surface area (Å²) in [5, 5.41) is 4.81. The van der Waals surface area contributed by atoms with Crippen LogP contribution in [-0.2, 0) is 9.53 Å². The average molecular weight is 420 g/mol. The molecule has 5 nitrogen and oxygen atoms in total. The van der Waals surface area contributed by atoms with Gasteiger partial charge in [-0.1, -0.05) is 48.5 Å². The molecule has 2 heterocycles. The smallest absolute Gasteiger partial charge is 0.343 e. The van der Waals surface area contributed by atoms with E-state index in [1.807, 2.05) is 102 Å². The monoisotopic (exact) mass is 420 g/mol. The number of para-hydroxylation sites is 1. The summed E-state index contributed by atoms with van der Waals surface area (Å²) in [6.07, 6.45) is 5.52. The van der Waals surface area contributed by atoms with Crippen molar-refractivity contribution in [1.82, 2.24) is 9.78 Å². The molecule has 0 saturated carbocycles. The molecule has 0 amide bonds. The molecule has 0 aliphatic carbocycles. The molecule has 0 spiro atoms. The van der Waals surface area contributed by atoms with Crippen LogP contribution in [0.4, 0.5) is 0 Å². The summed E-state index contributed by atoms with van der Waals surface area (Å²) >= 11 is 0. The number of ether oxygens (including phenoxy) is 2. The van der Waals surface area contributed by atoms with Crippen molar-refractivity contribution in [2.24, 2.45) is 0 Å². The summed E-state index contributed by atoms with van der Waals surface area (Å²) in [4.78, 5) is 12.6. The van der Waals surface area contributed by atoms with Crippen LogP contribution < -0.4 is 4.74 Å². The van der Waals surface area contributed by atoms with Gasteiger partial charge in [-0.2, -0.15) is 5.10 Å². The van der Waals surface area contributed by atoms with Crippen molar-refractivity contribution in [3.63, 3.8) is 0 Å². The fourth-order valence-corrected chi connectivity index (χ4v) is 3.58. The predicted molar refractivity (Wildman–Crippen MR) is 124 cm³/mol. The molecule has 0 radical (unpaired) electrons. The Morgan fingerprint density at radius 1 is 0.875 bits per heavy atom. The Hall–Kier alpha value is -4.38. The summed E-state index contributed by atoms with van der Waals surface area (Å²) in [7, 11) is 1.64. The van der Waals surface area contributed by atoms with Crippen molar-refractivity contribution in [2.75, 3.05) is 7.11 Å². The van der Waals surface area contributed by atoms with Gasteiger partial charge < -0.3 is 9.47 Å². The minimum atomic E-state index is -0.378. The van der Waals surface area contributed by atoms with Crippen molar-refractivity contribution in [3.05, 3.63) is 114 Å². The lowest BCUT2D eigenvalue weighted by molar-refractivity contribution is -0.130. The van der Waals surface area contributed by atoms with E-state index in [1.165, 1.54) is 0 Å². The van der Waals surface area contributed by atoms with E-state index in [-0.39, 0.29) is 5.97 Å². The van der Waals surface area contributed by atoms with Crippen molar-refractivity contribution < 1.29 is 14.3 Å². The molecule has 0 saturated heterocycles. The van der Waals surface area contributed by atoms with E-state index in [0.717, 1.165) is 33.8 Å². The van der Waals surface area contributed by atoms with E-state index in [2.05, 4.69) is 0 Å². The summed E-state index contributed by atoms with van der Waals surface area (Å²) in [5.41, 5.74) is 4.77. The molecule has 0 N–H and O–H groups in total. The maximum atomic E-state index is 12.6. The minimum absolute atomic E-state index is 0.378. The number of esters is 1. The molecule has 0 atom stereocenters. The van der Waals surface area contributed by atoms with Gasteiger partial charge in [0.1, 0.15) is 11.5 Å². The summed E-state index contributed by atoms with van der Waals surface area (Å²) in [6, 6.07) is 27.1. The number of hydrogen-bond acceptors (Lipinski definition) is 4. The third-order valence-electron chi connectivity index (χ3n) is 5.22. The largest absolute Gasteiger partial charge is 0.497 e. The molecule has 0 fully saturated rings. The first-order valence-electron chi connectivity index (χ1n) is 10.2. The maximum absolute atomic E-state index is 12.6.